The lowest BCUT2D eigenvalue weighted by Crippen LogP contribution is -2.26. The van der Waals surface area contributed by atoms with Crippen LogP contribution in [0.2, 0.25) is 0 Å². The predicted octanol–water partition coefficient (Wildman–Crippen LogP) is 2.79. The van der Waals surface area contributed by atoms with E-state index in [4.69, 9.17) is 9.47 Å². The van der Waals surface area contributed by atoms with Crippen LogP contribution in [0, 0.1) is 0 Å². The van der Waals surface area contributed by atoms with Crippen molar-refractivity contribution in [2.24, 2.45) is 0 Å². The summed E-state index contributed by atoms with van der Waals surface area (Å²) in [6.07, 6.45) is 0. The molecule has 0 aliphatic carbocycles. The Morgan fingerprint density at radius 3 is 1.38 bits per heavy atom. The zero-order valence-corrected chi connectivity index (χ0v) is 10.0. The summed E-state index contributed by atoms with van der Waals surface area (Å²) in [5, 5.41) is 0. The van der Waals surface area contributed by atoms with E-state index in [1.165, 1.54) is 11.1 Å². The Bertz CT molecular complexity index is 225. The summed E-state index contributed by atoms with van der Waals surface area (Å²) in [6, 6.07) is 0. The van der Waals surface area contributed by atoms with E-state index in [-0.39, 0.29) is 9.87 Å². The average Bonchev–Trinajstić information content (AvgIpc) is 2.30. The first-order chi connectivity index (χ1) is 5.89. The van der Waals surface area contributed by atoms with Gasteiger partial charge in [-0.3, -0.25) is 0 Å². The number of hydrogen-bond acceptors (Lipinski definition) is 3. The van der Waals surface area contributed by atoms with Crippen LogP contribution in [-0.4, -0.2) is 24.1 Å². The summed E-state index contributed by atoms with van der Waals surface area (Å²) >= 11 is 1.71. The van der Waals surface area contributed by atoms with Crippen molar-refractivity contribution in [1.29, 1.82) is 0 Å². The van der Waals surface area contributed by atoms with Crippen LogP contribution in [0.25, 0.3) is 0 Å². The SMILES string of the molecule is CO[C@@]1(C)S[C@@](C)(OC)C(C)=C1C. The fourth-order valence-corrected chi connectivity index (χ4v) is 3.12. The molecule has 0 spiro atoms. The summed E-state index contributed by atoms with van der Waals surface area (Å²) in [7, 11) is 3.48. The molecule has 0 fully saturated rings. The van der Waals surface area contributed by atoms with E-state index >= 15 is 0 Å². The quantitative estimate of drug-likeness (QED) is 0.641. The molecule has 0 aromatic rings. The fourth-order valence-electron chi connectivity index (χ4n) is 1.60. The van der Waals surface area contributed by atoms with Crippen LogP contribution >= 0.6 is 11.8 Å². The third-order valence-electron chi connectivity index (χ3n) is 3.09. The number of rotatable bonds is 2. The Morgan fingerprint density at radius 1 is 0.923 bits per heavy atom. The first kappa shape index (κ1) is 11.1. The maximum atomic E-state index is 5.50. The van der Waals surface area contributed by atoms with Gasteiger partial charge in [0.1, 0.15) is 9.87 Å². The van der Waals surface area contributed by atoms with Gasteiger partial charge in [-0.2, -0.15) is 0 Å². The lowest BCUT2D eigenvalue weighted by Gasteiger charge is -2.28. The molecule has 1 aliphatic heterocycles. The second-order valence-electron chi connectivity index (χ2n) is 3.65. The molecule has 0 N–H and O–H groups in total. The predicted molar refractivity (Wildman–Crippen MR) is 56.8 cm³/mol. The molecular formula is C10H18O2S. The minimum Gasteiger partial charge on any atom is -0.364 e. The number of thioether (sulfide) groups is 1. The van der Waals surface area contributed by atoms with E-state index in [0.29, 0.717) is 0 Å². The van der Waals surface area contributed by atoms with Crippen molar-refractivity contribution in [1.82, 2.24) is 0 Å². The summed E-state index contributed by atoms with van der Waals surface area (Å²) in [5.74, 6) is 0. The van der Waals surface area contributed by atoms with Crippen LogP contribution in [0.15, 0.2) is 11.1 Å². The smallest absolute Gasteiger partial charge is 0.135 e. The summed E-state index contributed by atoms with van der Waals surface area (Å²) in [5.41, 5.74) is 2.54. The Kier molecular flexibility index (Phi) is 2.81. The van der Waals surface area contributed by atoms with E-state index < -0.39 is 0 Å². The highest BCUT2D eigenvalue weighted by atomic mass is 32.2. The van der Waals surface area contributed by atoms with E-state index in [0.717, 1.165) is 0 Å². The van der Waals surface area contributed by atoms with Gasteiger partial charge < -0.3 is 9.47 Å². The van der Waals surface area contributed by atoms with Crippen LogP contribution in [0.1, 0.15) is 27.7 Å². The highest BCUT2D eigenvalue weighted by molar-refractivity contribution is 8.02. The van der Waals surface area contributed by atoms with Crippen molar-refractivity contribution in [2.75, 3.05) is 14.2 Å². The Balaban J connectivity index is 3.07. The van der Waals surface area contributed by atoms with Crippen molar-refractivity contribution in [2.45, 2.75) is 37.6 Å². The molecule has 1 rings (SSSR count). The van der Waals surface area contributed by atoms with Gasteiger partial charge in [-0.25, -0.2) is 0 Å². The minimum atomic E-state index is -0.227. The van der Waals surface area contributed by atoms with Crippen molar-refractivity contribution in [3.8, 4) is 0 Å². The summed E-state index contributed by atoms with van der Waals surface area (Å²) in [6.45, 7) is 8.38. The molecule has 0 saturated carbocycles. The molecule has 13 heavy (non-hydrogen) atoms. The average molecular weight is 202 g/mol. The molecule has 2 nitrogen and oxygen atoms in total. The Labute approximate surface area is 84.7 Å². The van der Waals surface area contributed by atoms with Crippen molar-refractivity contribution >= 4 is 11.8 Å². The number of hydrogen-bond donors (Lipinski definition) is 0. The topological polar surface area (TPSA) is 18.5 Å². The highest BCUT2D eigenvalue weighted by Crippen LogP contribution is 2.53. The first-order valence-corrected chi connectivity index (χ1v) is 5.20. The molecule has 76 valence electrons. The normalized spacial score (nSPS) is 40.2. The third kappa shape index (κ3) is 1.53. The lowest BCUT2D eigenvalue weighted by molar-refractivity contribution is 0.108. The fraction of sp³-hybridized carbons (Fsp3) is 0.800. The zero-order chi connectivity index (χ0) is 10.3. The molecule has 0 radical (unpaired) electrons. The highest BCUT2D eigenvalue weighted by Gasteiger charge is 2.47. The molecule has 0 amide bonds. The van der Waals surface area contributed by atoms with Gasteiger partial charge in [0.2, 0.25) is 0 Å². The van der Waals surface area contributed by atoms with Crippen LogP contribution < -0.4 is 0 Å². The molecule has 1 aliphatic rings. The molecule has 0 bridgehead atoms. The minimum absolute atomic E-state index is 0.227. The molecule has 0 unspecified atom stereocenters. The standard InChI is InChI=1S/C10H18O2S/c1-7-8(2)10(4,12-6)13-9(7,3)11-5/h1-6H3/t9-,10+. The maximum Gasteiger partial charge on any atom is 0.135 e. The van der Waals surface area contributed by atoms with Crippen LogP contribution in [0.5, 0.6) is 0 Å². The summed E-state index contributed by atoms with van der Waals surface area (Å²) < 4.78 is 11.0. The molecule has 0 aromatic heterocycles. The van der Waals surface area contributed by atoms with Crippen LogP contribution in [0.4, 0.5) is 0 Å². The molecule has 2 atom stereocenters. The van der Waals surface area contributed by atoms with Gasteiger partial charge in [-0.15, -0.1) is 0 Å². The van der Waals surface area contributed by atoms with Crippen LogP contribution in [0.3, 0.4) is 0 Å². The van der Waals surface area contributed by atoms with Gasteiger partial charge in [0.15, 0.2) is 0 Å². The van der Waals surface area contributed by atoms with Crippen LogP contribution in [-0.2, 0) is 9.47 Å². The Morgan fingerprint density at radius 2 is 1.23 bits per heavy atom. The third-order valence-corrected chi connectivity index (χ3v) is 4.82. The second-order valence-corrected chi connectivity index (χ2v) is 5.41. The van der Waals surface area contributed by atoms with Gasteiger partial charge >= 0.3 is 0 Å². The lowest BCUT2D eigenvalue weighted by atomic mass is 10.0. The zero-order valence-electron chi connectivity index (χ0n) is 9.22. The largest absolute Gasteiger partial charge is 0.364 e. The van der Waals surface area contributed by atoms with E-state index in [2.05, 4.69) is 27.7 Å². The maximum absolute atomic E-state index is 5.50. The van der Waals surface area contributed by atoms with E-state index in [1.54, 1.807) is 26.0 Å². The number of methoxy groups -OCH3 is 2. The van der Waals surface area contributed by atoms with Crippen molar-refractivity contribution in [3.05, 3.63) is 11.1 Å². The molecule has 0 aromatic carbocycles. The Hall–Kier alpha value is 0.0100. The summed E-state index contributed by atoms with van der Waals surface area (Å²) in [4.78, 5) is -0.455. The van der Waals surface area contributed by atoms with Crippen molar-refractivity contribution in [3.63, 3.8) is 0 Å². The molecular weight excluding hydrogens is 184 g/mol. The van der Waals surface area contributed by atoms with Gasteiger partial charge in [0.25, 0.3) is 0 Å². The van der Waals surface area contributed by atoms with Gasteiger partial charge in [-0.05, 0) is 38.8 Å². The molecule has 0 saturated heterocycles. The molecule has 3 heteroatoms. The number of ether oxygens (including phenoxy) is 2. The van der Waals surface area contributed by atoms with E-state index in [1.807, 2.05) is 0 Å². The van der Waals surface area contributed by atoms with Gasteiger partial charge in [0.05, 0.1) is 0 Å². The van der Waals surface area contributed by atoms with Crippen molar-refractivity contribution < 1.29 is 9.47 Å². The second kappa shape index (κ2) is 3.30. The first-order valence-electron chi connectivity index (χ1n) is 4.38. The van der Waals surface area contributed by atoms with Gasteiger partial charge in [0, 0.05) is 14.2 Å². The van der Waals surface area contributed by atoms with Gasteiger partial charge in [-0.1, -0.05) is 11.8 Å². The van der Waals surface area contributed by atoms with E-state index in [9.17, 15) is 0 Å². The monoisotopic (exact) mass is 202 g/mol. The molecule has 1 heterocycles.